The van der Waals surface area contributed by atoms with Gasteiger partial charge < -0.3 is 9.47 Å². The molecule has 0 fully saturated rings. The highest BCUT2D eigenvalue weighted by atomic mass is 16.5. The number of carbonyl (C=O) groups excluding carboxylic acids is 1. The highest BCUT2D eigenvalue weighted by Crippen LogP contribution is 2.28. The monoisotopic (exact) mass is 293 g/mol. The van der Waals surface area contributed by atoms with Gasteiger partial charge in [-0.1, -0.05) is 36.4 Å². The average molecular weight is 293 g/mol. The van der Waals surface area contributed by atoms with Gasteiger partial charge in [-0.2, -0.15) is 0 Å². The number of pyridine rings is 1. The zero-order chi connectivity index (χ0) is 15.4. The number of esters is 1. The molecule has 0 bridgehead atoms. The molecule has 0 aliphatic rings. The molecule has 0 saturated heterocycles. The molecule has 0 atom stereocenters. The number of fused-ring (bicyclic) bond motifs is 1. The Balaban J connectivity index is 1.98. The van der Waals surface area contributed by atoms with Crippen molar-refractivity contribution in [1.29, 1.82) is 0 Å². The molecule has 3 rings (SSSR count). The summed E-state index contributed by atoms with van der Waals surface area (Å²) in [4.78, 5) is 15.9. The van der Waals surface area contributed by atoms with Crippen LogP contribution in [0.4, 0.5) is 0 Å². The van der Waals surface area contributed by atoms with Crippen molar-refractivity contribution < 1.29 is 14.3 Å². The summed E-state index contributed by atoms with van der Waals surface area (Å²) in [6.07, 6.45) is 0.145. The number of hydrogen-bond acceptors (Lipinski definition) is 4. The Morgan fingerprint density at radius 1 is 1.00 bits per heavy atom. The van der Waals surface area contributed by atoms with E-state index in [1.54, 1.807) is 0 Å². The van der Waals surface area contributed by atoms with Crippen LogP contribution in [0.5, 0.6) is 11.5 Å². The van der Waals surface area contributed by atoms with Crippen LogP contribution < -0.4 is 4.74 Å². The Labute approximate surface area is 128 Å². The van der Waals surface area contributed by atoms with E-state index in [2.05, 4.69) is 9.72 Å². The third-order valence-electron chi connectivity index (χ3n) is 3.27. The SMILES string of the molecule is COC(=O)Cc1ccc2cccc(Oc3ccccc3)c2n1. The molecule has 0 spiro atoms. The Morgan fingerprint density at radius 2 is 1.82 bits per heavy atom. The van der Waals surface area contributed by atoms with Gasteiger partial charge >= 0.3 is 5.97 Å². The Kier molecular flexibility index (Phi) is 4.01. The van der Waals surface area contributed by atoms with Crippen LogP contribution in [0.2, 0.25) is 0 Å². The average Bonchev–Trinajstić information content (AvgIpc) is 2.56. The van der Waals surface area contributed by atoms with Crippen LogP contribution in [0.3, 0.4) is 0 Å². The van der Waals surface area contributed by atoms with E-state index in [9.17, 15) is 4.79 Å². The molecule has 2 aromatic carbocycles. The lowest BCUT2D eigenvalue weighted by Gasteiger charge is -2.09. The Hall–Kier alpha value is -2.88. The van der Waals surface area contributed by atoms with E-state index in [0.717, 1.165) is 16.7 Å². The number of para-hydroxylation sites is 2. The minimum Gasteiger partial charge on any atom is -0.469 e. The number of methoxy groups -OCH3 is 1. The molecule has 0 amide bonds. The van der Waals surface area contributed by atoms with Crippen LogP contribution in [0, 0.1) is 0 Å². The second-order valence-electron chi connectivity index (χ2n) is 4.80. The van der Waals surface area contributed by atoms with Crippen molar-refractivity contribution in [2.75, 3.05) is 7.11 Å². The van der Waals surface area contributed by atoms with Crippen molar-refractivity contribution >= 4 is 16.9 Å². The van der Waals surface area contributed by atoms with Gasteiger partial charge in [0.1, 0.15) is 11.3 Å². The van der Waals surface area contributed by atoms with Crippen LogP contribution in [-0.4, -0.2) is 18.1 Å². The van der Waals surface area contributed by atoms with Crippen molar-refractivity contribution in [2.24, 2.45) is 0 Å². The number of rotatable bonds is 4. The topological polar surface area (TPSA) is 48.4 Å². The fourth-order valence-corrected chi connectivity index (χ4v) is 2.18. The fourth-order valence-electron chi connectivity index (χ4n) is 2.18. The second kappa shape index (κ2) is 6.26. The number of aromatic nitrogens is 1. The maximum atomic E-state index is 11.4. The second-order valence-corrected chi connectivity index (χ2v) is 4.80. The lowest BCUT2D eigenvalue weighted by Crippen LogP contribution is -2.06. The number of benzene rings is 2. The molecular weight excluding hydrogens is 278 g/mol. The summed E-state index contributed by atoms with van der Waals surface area (Å²) in [7, 11) is 1.37. The quantitative estimate of drug-likeness (QED) is 0.687. The van der Waals surface area contributed by atoms with E-state index in [-0.39, 0.29) is 12.4 Å². The van der Waals surface area contributed by atoms with Gasteiger partial charge in [0.25, 0.3) is 0 Å². The molecule has 1 aromatic heterocycles. The molecule has 4 nitrogen and oxygen atoms in total. The molecule has 4 heteroatoms. The predicted octanol–water partition coefficient (Wildman–Crippen LogP) is 3.74. The molecule has 0 saturated carbocycles. The van der Waals surface area contributed by atoms with Crippen molar-refractivity contribution in [3.8, 4) is 11.5 Å². The first-order valence-electron chi connectivity index (χ1n) is 6.94. The standard InChI is InChI=1S/C18H15NO3/c1-21-17(20)12-14-11-10-13-6-5-9-16(18(13)19-14)22-15-7-3-2-4-8-15/h2-11H,12H2,1H3. The zero-order valence-corrected chi connectivity index (χ0v) is 12.2. The largest absolute Gasteiger partial charge is 0.469 e. The summed E-state index contributed by atoms with van der Waals surface area (Å²) in [5.74, 6) is 1.10. The van der Waals surface area contributed by atoms with Gasteiger partial charge in [0.2, 0.25) is 0 Å². The summed E-state index contributed by atoms with van der Waals surface area (Å²) >= 11 is 0. The number of hydrogen-bond donors (Lipinski definition) is 0. The van der Waals surface area contributed by atoms with Crippen LogP contribution in [0.1, 0.15) is 5.69 Å². The van der Waals surface area contributed by atoms with E-state index >= 15 is 0 Å². The molecule has 0 N–H and O–H groups in total. The van der Waals surface area contributed by atoms with Crippen molar-refractivity contribution in [2.45, 2.75) is 6.42 Å². The van der Waals surface area contributed by atoms with E-state index in [4.69, 9.17) is 4.74 Å². The van der Waals surface area contributed by atoms with Gasteiger partial charge in [-0.25, -0.2) is 4.98 Å². The first-order valence-corrected chi connectivity index (χ1v) is 6.94. The smallest absolute Gasteiger partial charge is 0.311 e. The summed E-state index contributed by atoms with van der Waals surface area (Å²) in [6, 6.07) is 19.0. The summed E-state index contributed by atoms with van der Waals surface area (Å²) in [5, 5.41) is 0.960. The van der Waals surface area contributed by atoms with Gasteiger partial charge in [-0.05, 0) is 24.3 Å². The summed E-state index contributed by atoms with van der Waals surface area (Å²) < 4.78 is 10.6. The molecule has 110 valence electrons. The van der Waals surface area contributed by atoms with Gasteiger partial charge in [0.05, 0.1) is 19.2 Å². The third kappa shape index (κ3) is 3.06. The summed E-state index contributed by atoms with van der Waals surface area (Å²) in [5.41, 5.74) is 1.39. The van der Waals surface area contributed by atoms with Crippen molar-refractivity contribution in [3.63, 3.8) is 0 Å². The van der Waals surface area contributed by atoms with Gasteiger partial charge in [-0.15, -0.1) is 0 Å². The lowest BCUT2D eigenvalue weighted by atomic mass is 10.1. The zero-order valence-electron chi connectivity index (χ0n) is 12.2. The highest BCUT2D eigenvalue weighted by Gasteiger charge is 2.09. The molecule has 1 heterocycles. The number of ether oxygens (including phenoxy) is 2. The van der Waals surface area contributed by atoms with Gasteiger partial charge in [-0.3, -0.25) is 4.79 Å². The van der Waals surface area contributed by atoms with Crippen molar-refractivity contribution in [1.82, 2.24) is 4.98 Å². The van der Waals surface area contributed by atoms with Gasteiger partial charge in [0.15, 0.2) is 5.75 Å². The number of carbonyl (C=O) groups is 1. The third-order valence-corrected chi connectivity index (χ3v) is 3.27. The van der Waals surface area contributed by atoms with Crippen molar-refractivity contribution in [3.05, 3.63) is 66.4 Å². The normalized spacial score (nSPS) is 10.4. The molecule has 0 aliphatic carbocycles. The van der Waals surface area contributed by atoms with Crippen LogP contribution in [0.15, 0.2) is 60.7 Å². The Morgan fingerprint density at radius 3 is 2.59 bits per heavy atom. The molecule has 0 aliphatic heterocycles. The fraction of sp³-hybridized carbons (Fsp3) is 0.111. The van der Waals surface area contributed by atoms with Crippen LogP contribution in [0.25, 0.3) is 10.9 Å². The van der Waals surface area contributed by atoms with E-state index < -0.39 is 0 Å². The van der Waals surface area contributed by atoms with E-state index in [1.807, 2.05) is 60.7 Å². The highest BCUT2D eigenvalue weighted by molar-refractivity contribution is 5.85. The van der Waals surface area contributed by atoms with Crippen LogP contribution >= 0.6 is 0 Å². The molecular formula is C18H15NO3. The molecule has 22 heavy (non-hydrogen) atoms. The van der Waals surface area contributed by atoms with Crippen LogP contribution in [-0.2, 0) is 16.0 Å². The minimum atomic E-state index is -0.312. The molecule has 0 unspecified atom stereocenters. The predicted molar refractivity (Wildman–Crippen MR) is 84.0 cm³/mol. The number of nitrogens with zero attached hydrogens (tertiary/aromatic N) is 1. The minimum absolute atomic E-state index is 0.145. The van der Waals surface area contributed by atoms with Gasteiger partial charge in [0, 0.05) is 5.39 Å². The van der Waals surface area contributed by atoms with E-state index in [0.29, 0.717) is 11.4 Å². The molecule has 3 aromatic rings. The summed E-state index contributed by atoms with van der Waals surface area (Å²) in [6.45, 7) is 0. The lowest BCUT2D eigenvalue weighted by molar-refractivity contribution is -0.139. The van der Waals surface area contributed by atoms with E-state index in [1.165, 1.54) is 7.11 Å². The maximum absolute atomic E-state index is 11.4. The Bertz CT molecular complexity index is 800. The first kappa shape index (κ1) is 14.1. The first-order chi connectivity index (χ1) is 10.8. The molecule has 0 radical (unpaired) electrons. The maximum Gasteiger partial charge on any atom is 0.311 e.